The van der Waals surface area contributed by atoms with E-state index in [4.69, 9.17) is 10.5 Å². The molecule has 1 aromatic rings. The fourth-order valence-electron chi connectivity index (χ4n) is 2.47. The Labute approximate surface area is 114 Å². The topological polar surface area (TPSA) is 35.2 Å². The molecule has 1 fully saturated rings. The summed E-state index contributed by atoms with van der Waals surface area (Å²) in [6.45, 7) is 1.32. The Kier molecular flexibility index (Phi) is 4.65. The molecule has 0 radical (unpaired) electrons. The number of nitrogens with two attached hydrogens (primary N) is 1. The lowest BCUT2D eigenvalue weighted by Crippen LogP contribution is -2.22. The van der Waals surface area contributed by atoms with Crippen LogP contribution in [0, 0.1) is 11.7 Å². The average Bonchev–Trinajstić information content (AvgIpc) is 2.39. The van der Waals surface area contributed by atoms with Gasteiger partial charge in [0.15, 0.2) is 0 Å². The van der Waals surface area contributed by atoms with Crippen molar-refractivity contribution in [2.45, 2.75) is 31.5 Å². The number of ether oxygens (including phenoxy) is 1. The molecule has 0 spiro atoms. The van der Waals surface area contributed by atoms with Crippen molar-refractivity contribution in [3.63, 3.8) is 0 Å². The Morgan fingerprint density at radius 1 is 1.25 bits per heavy atom. The van der Waals surface area contributed by atoms with Gasteiger partial charge in [0.05, 0.1) is 5.56 Å². The van der Waals surface area contributed by atoms with Crippen LogP contribution in [0.2, 0.25) is 0 Å². The molecule has 2 N–H and O–H groups in total. The largest absolute Gasteiger partial charge is 0.419 e. The summed E-state index contributed by atoms with van der Waals surface area (Å²) in [6, 6.07) is 2.47. The van der Waals surface area contributed by atoms with Gasteiger partial charge in [-0.05, 0) is 42.9 Å². The lowest BCUT2D eigenvalue weighted by molar-refractivity contribution is -0.140. The zero-order chi connectivity index (χ0) is 14.8. The van der Waals surface area contributed by atoms with Gasteiger partial charge in [0, 0.05) is 19.3 Å². The number of halogens is 4. The normalized spacial score (nSPS) is 19.1. The van der Waals surface area contributed by atoms with E-state index in [0.717, 1.165) is 25.0 Å². The van der Waals surface area contributed by atoms with Crippen LogP contribution in [0.5, 0.6) is 0 Å². The molecule has 0 bridgehead atoms. The van der Waals surface area contributed by atoms with E-state index in [9.17, 15) is 17.6 Å². The van der Waals surface area contributed by atoms with Gasteiger partial charge >= 0.3 is 6.18 Å². The first-order valence-corrected chi connectivity index (χ1v) is 6.58. The van der Waals surface area contributed by atoms with E-state index in [2.05, 4.69) is 0 Å². The zero-order valence-electron chi connectivity index (χ0n) is 10.9. The molecular weight excluding hydrogens is 274 g/mol. The molecule has 2 rings (SSSR count). The van der Waals surface area contributed by atoms with E-state index >= 15 is 0 Å². The first-order valence-electron chi connectivity index (χ1n) is 6.58. The molecule has 1 aliphatic heterocycles. The van der Waals surface area contributed by atoms with Crippen LogP contribution in [0.4, 0.5) is 17.6 Å². The van der Waals surface area contributed by atoms with E-state index in [1.807, 2.05) is 0 Å². The van der Waals surface area contributed by atoms with Crippen LogP contribution >= 0.6 is 0 Å². The summed E-state index contributed by atoms with van der Waals surface area (Å²) in [4.78, 5) is 0. The molecule has 2 nitrogen and oxygen atoms in total. The zero-order valence-corrected chi connectivity index (χ0v) is 10.9. The van der Waals surface area contributed by atoms with Crippen LogP contribution in [-0.4, -0.2) is 13.2 Å². The predicted molar refractivity (Wildman–Crippen MR) is 66.5 cm³/mol. The standard InChI is InChI=1S/C14H17F4NO/c15-12-2-1-10(8-11(12)14(16,17)18)13(19)7-9-3-5-20-6-4-9/h1-2,8-9,13H,3-7,19H2. The highest BCUT2D eigenvalue weighted by Gasteiger charge is 2.34. The van der Waals surface area contributed by atoms with Crippen LogP contribution in [0.15, 0.2) is 18.2 Å². The van der Waals surface area contributed by atoms with E-state index in [-0.39, 0.29) is 0 Å². The molecule has 0 aliphatic carbocycles. The van der Waals surface area contributed by atoms with Crippen LogP contribution in [-0.2, 0) is 10.9 Å². The number of hydrogen-bond donors (Lipinski definition) is 1. The number of benzene rings is 1. The fraction of sp³-hybridized carbons (Fsp3) is 0.571. The second-order valence-electron chi connectivity index (χ2n) is 5.13. The maximum absolute atomic E-state index is 13.2. The minimum Gasteiger partial charge on any atom is -0.381 e. The molecular formula is C14H17F4NO. The van der Waals surface area contributed by atoms with E-state index in [1.54, 1.807) is 0 Å². The van der Waals surface area contributed by atoms with Crippen LogP contribution in [0.25, 0.3) is 0 Å². The summed E-state index contributed by atoms with van der Waals surface area (Å²) in [5, 5.41) is 0. The summed E-state index contributed by atoms with van der Waals surface area (Å²) in [6.07, 6.45) is -2.38. The smallest absolute Gasteiger partial charge is 0.381 e. The molecule has 0 aromatic heterocycles. The number of rotatable bonds is 3. The Balaban J connectivity index is 2.11. The second kappa shape index (κ2) is 6.10. The Hall–Kier alpha value is -1.14. The Morgan fingerprint density at radius 3 is 2.50 bits per heavy atom. The summed E-state index contributed by atoms with van der Waals surface area (Å²) < 4.78 is 56.4. The van der Waals surface area contributed by atoms with Crippen LogP contribution < -0.4 is 5.73 Å². The van der Waals surface area contributed by atoms with Gasteiger partial charge in [-0.2, -0.15) is 13.2 Å². The van der Waals surface area contributed by atoms with Crippen molar-refractivity contribution in [2.24, 2.45) is 11.7 Å². The molecule has 112 valence electrons. The van der Waals surface area contributed by atoms with Crippen molar-refractivity contribution in [1.29, 1.82) is 0 Å². The molecule has 6 heteroatoms. The van der Waals surface area contributed by atoms with Gasteiger partial charge in [-0.1, -0.05) is 6.07 Å². The molecule has 1 saturated heterocycles. The highest BCUT2D eigenvalue weighted by atomic mass is 19.4. The van der Waals surface area contributed by atoms with Gasteiger partial charge < -0.3 is 10.5 Å². The summed E-state index contributed by atoms with van der Waals surface area (Å²) in [5.41, 5.74) is 5.03. The Morgan fingerprint density at radius 2 is 1.90 bits per heavy atom. The molecule has 0 saturated carbocycles. The Bertz CT molecular complexity index is 455. The highest BCUT2D eigenvalue weighted by Crippen LogP contribution is 2.34. The SMILES string of the molecule is NC(CC1CCOCC1)c1ccc(F)c(C(F)(F)F)c1. The minimum atomic E-state index is -4.70. The predicted octanol–water partition coefficient (Wildman–Crippen LogP) is 3.66. The van der Waals surface area contributed by atoms with Gasteiger partial charge in [0.2, 0.25) is 0 Å². The lowest BCUT2D eigenvalue weighted by Gasteiger charge is -2.25. The second-order valence-corrected chi connectivity index (χ2v) is 5.13. The first kappa shape index (κ1) is 15.3. The monoisotopic (exact) mass is 291 g/mol. The lowest BCUT2D eigenvalue weighted by atomic mass is 9.89. The molecule has 1 aliphatic rings. The molecule has 1 unspecified atom stereocenters. The van der Waals surface area contributed by atoms with Gasteiger partial charge in [-0.15, -0.1) is 0 Å². The van der Waals surface area contributed by atoms with Crippen LogP contribution in [0.3, 0.4) is 0 Å². The van der Waals surface area contributed by atoms with Crippen LogP contribution in [0.1, 0.15) is 36.4 Å². The average molecular weight is 291 g/mol. The van der Waals surface area contributed by atoms with Gasteiger partial charge in [-0.25, -0.2) is 4.39 Å². The van der Waals surface area contributed by atoms with Gasteiger partial charge in [0.1, 0.15) is 5.82 Å². The summed E-state index contributed by atoms with van der Waals surface area (Å²) in [7, 11) is 0. The van der Waals surface area contributed by atoms with Crippen molar-refractivity contribution in [3.8, 4) is 0 Å². The minimum absolute atomic E-state index is 0.324. The molecule has 1 aromatic carbocycles. The molecule has 0 amide bonds. The summed E-state index contributed by atoms with van der Waals surface area (Å²) in [5.74, 6) is -0.919. The van der Waals surface area contributed by atoms with Crippen molar-refractivity contribution >= 4 is 0 Å². The maximum Gasteiger partial charge on any atom is 0.419 e. The molecule has 20 heavy (non-hydrogen) atoms. The third-order valence-electron chi connectivity index (χ3n) is 3.65. The van der Waals surface area contributed by atoms with E-state index in [1.165, 1.54) is 6.07 Å². The number of alkyl halides is 3. The van der Waals surface area contributed by atoms with Crippen molar-refractivity contribution in [1.82, 2.24) is 0 Å². The quantitative estimate of drug-likeness (QED) is 0.863. The van der Waals surface area contributed by atoms with Gasteiger partial charge in [0.25, 0.3) is 0 Å². The maximum atomic E-state index is 13.2. The van der Waals surface area contributed by atoms with E-state index in [0.29, 0.717) is 31.1 Å². The highest BCUT2D eigenvalue weighted by molar-refractivity contribution is 5.29. The van der Waals surface area contributed by atoms with Crippen molar-refractivity contribution < 1.29 is 22.3 Å². The first-order chi connectivity index (χ1) is 9.38. The summed E-state index contributed by atoms with van der Waals surface area (Å²) >= 11 is 0. The molecule has 1 heterocycles. The van der Waals surface area contributed by atoms with Crippen molar-refractivity contribution in [2.75, 3.05) is 13.2 Å². The fourth-order valence-corrected chi connectivity index (χ4v) is 2.47. The van der Waals surface area contributed by atoms with Crippen molar-refractivity contribution in [3.05, 3.63) is 35.1 Å². The molecule has 1 atom stereocenters. The third-order valence-corrected chi connectivity index (χ3v) is 3.65. The van der Waals surface area contributed by atoms with Gasteiger partial charge in [-0.3, -0.25) is 0 Å². The third kappa shape index (κ3) is 3.70. The van der Waals surface area contributed by atoms with E-state index < -0.39 is 23.6 Å². The number of hydrogen-bond acceptors (Lipinski definition) is 2.